The minimum absolute atomic E-state index is 0.0329. The number of carbonyl (C=O) groups excluding carboxylic acids is 2. The number of benzene rings is 3. The van der Waals surface area contributed by atoms with E-state index in [9.17, 15) is 18.0 Å². The quantitative estimate of drug-likeness (QED) is 0.265. The number of aryl methyl sites for hydroxylation is 1. The number of rotatable bonds is 11. The lowest BCUT2D eigenvalue weighted by atomic mass is 10.1. The topological polar surface area (TPSA) is 86.8 Å². The Bertz CT molecular complexity index is 1450. The van der Waals surface area contributed by atoms with Gasteiger partial charge in [0.05, 0.1) is 10.6 Å². The second-order valence-electron chi connectivity index (χ2n) is 9.52. The lowest BCUT2D eigenvalue weighted by molar-refractivity contribution is -0.139. The molecule has 40 heavy (non-hydrogen) atoms. The number of halogens is 3. The predicted octanol–water partition coefficient (Wildman–Crippen LogP) is 6.48. The van der Waals surface area contributed by atoms with Crippen LogP contribution in [0.15, 0.2) is 71.6 Å². The SMILES string of the molecule is CC[C@H](C)NC(=O)[C@H](C)N(Cc1c(Cl)cccc1Cl)C(=O)CN(c1cccc(C)c1)S(=O)(=O)c1ccc(Cl)cc1. The molecule has 7 nitrogen and oxygen atoms in total. The number of sulfonamides is 1. The number of nitrogens with zero attached hydrogens (tertiary/aromatic N) is 2. The molecule has 0 aromatic heterocycles. The molecule has 3 rings (SSSR count). The van der Waals surface area contributed by atoms with E-state index in [1.807, 2.05) is 26.8 Å². The van der Waals surface area contributed by atoms with Crippen LogP contribution in [0, 0.1) is 6.92 Å². The Kier molecular flexibility index (Phi) is 10.9. The molecule has 0 aliphatic heterocycles. The van der Waals surface area contributed by atoms with Gasteiger partial charge in [0.25, 0.3) is 10.0 Å². The Hall–Kier alpha value is -2.78. The smallest absolute Gasteiger partial charge is 0.264 e. The molecule has 0 fully saturated rings. The summed E-state index contributed by atoms with van der Waals surface area (Å²) in [4.78, 5) is 28.4. The van der Waals surface area contributed by atoms with Crippen molar-refractivity contribution >= 4 is 62.3 Å². The summed E-state index contributed by atoms with van der Waals surface area (Å²) in [7, 11) is -4.20. The van der Waals surface area contributed by atoms with Gasteiger partial charge in [-0.25, -0.2) is 8.42 Å². The number of anilines is 1. The number of hydrogen-bond acceptors (Lipinski definition) is 4. The van der Waals surface area contributed by atoms with Crippen LogP contribution in [-0.2, 0) is 26.2 Å². The molecule has 0 unspecified atom stereocenters. The first-order chi connectivity index (χ1) is 18.8. The van der Waals surface area contributed by atoms with E-state index >= 15 is 0 Å². The van der Waals surface area contributed by atoms with Crippen molar-refractivity contribution < 1.29 is 18.0 Å². The summed E-state index contributed by atoms with van der Waals surface area (Å²) in [6.07, 6.45) is 0.698. The van der Waals surface area contributed by atoms with Gasteiger partial charge >= 0.3 is 0 Å². The highest BCUT2D eigenvalue weighted by atomic mass is 35.5. The lowest BCUT2D eigenvalue weighted by Crippen LogP contribution is -2.52. The van der Waals surface area contributed by atoms with Crippen LogP contribution in [0.3, 0.4) is 0 Å². The molecule has 3 aromatic carbocycles. The summed E-state index contributed by atoms with van der Waals surface area (Å²) in [5.74, 6) is -0.990. The Balaban J connectivity index is 2.07. The summed E-state index contributed by atoms with van der Waals surface area (Å²) in [5.41, 5.74) is 1.56. The molecule has 0 bridgehead atoms. The van der Waals surface area contributed by atoms with Gasteiger partial charge in [-0.3, -0.25) is 13.9 Å². The molecule has 0 aliphatic rings. The fourth-order valence-electron chi connectivity index (χ4n) is 3.95. The summed E-state index contributed by atoms with van der Waals surface area (Å²) < 4.78 is 28.8. The minimum atomic E-state index is -4.20. The van der Waals surface area contributed by atoms with E-state index in [0.29, 0.717) is 32.7 Å². The number of carbonyl (C=O) groups is 2. The van der Waals surface area contributed by atoms with E-state index in [4.69, 9.17) is 34.8 Å². The van der Waals surface area contributed by atoms with E-state index in [-0.39, 0.29) is 23.4 Å². The van der Waals surface area contributed by atoms with Crippen molar-refractivity contribution in [3.63, 3.8) is 0 Å². The number of hydrogen-bond donors (Lipinski definition) is 1. The van der Waals surface area contributed by atoms with Gasteiger partial charge in [-0.2, -0.15) is 0 Å². The third kappa shape index (κ3) is 7.69. The molecule has 0 spiro atoms. The van der Waals surface area contributed by atoms with Gasteiger partial charge in [-0.1, -0.05) is 59.9 Å². The lowest BCUT2D eigenvalue weighted by Gasteiger charge is -2.33. The van der Waals surface area contributed by atoms with E-state index < -0.39 is 28.5 Å². The largest absolute Gasteiger partial charge is 0.352 e. The molecule has 2 amide bonds. The van der Waals surface area contributed by atoms with Crippen molar-refractivity contribution in [2.45, 2.75) is 57.6 Å². The molecule has 1 N–H and O–H groups in total. The molecular weight excluding hydrogens is 593 g/mol. The van der Waals surface area contributed by atoms with Crippen LogP contribution in [0.25, 0.3) is 0 Å². The molecule has 0 saturated carbocycles. The Morgan fingerprint density at radius 3 is 2.10 bits per heavy atom. The van der Waals surface area contributed by atoms with Crippen molar-refractivity contribution in [3.05, 3.63) is 92.9 Å². The first-order valence-corrected chi connectivity index (χ1v) is 15.3. The molecule has 214 valence electrons. The number of nitrogens with one attached hydrogen (secondary N) is 1. The van der Waals surface area contributed by atoms with Crippen LogP contribution < -0.4 is 9.62 Å². The van der Waals surface area contributed by atoms with Crippen LogP contribution in [0.2, 0.25) is 15.1 Å². The maximum absolute atomic E-state index is 14.0. The van der Waals surface area contributed by atoms with E-state index in [1.165, 1.54) is 29.2 Å². The molecule has 0 heterocycles. The third-order valence-corrected chi connectivity index (χ3v) is 9.28. The van der Waals surface area contributed by atoms with Gasteiger partial charge in [0.1, 0.15) is 12.6 Å². The zero-order chi connectivity index (χ0) is 29.6. The standard InChI is InChI=1S/C29H32Cl3N3O4S/c1-5-20(3)33-29(37)21(4)34(17-25-26(31)10-7-11-27(25)32)28(36)18-35(23-9-6-8-19(2)16-23)40(38,39)24-14-12-22(30)13-15-24/h6-16,20-21H,5,17-18H2,1-4H3,(H,33,37)/t20-,21-/m0/s1. The van der Waals surface area contributed by atoms with Gasteiger partial charge in [0.2, 0.25) is 11.8 Å². The summed E-state index contributed by atoms with van der Waals surface area (Å²) in [5, 5.41) is 3.91. The highest BCUT2D eigenvalue weighted by Crippen LogP contribution is 2.29. The first kappa shape index (κ1) is 31.7. The highest BCUT2D eigenvalue weighted by molar-refractivity contribution is 7.92. The van der Waals surface area contributed by atoms with E-state index in [0.717, 1.165) is 9.87 Å². The van der Waals surface area contributed by atoms with Gasteiger partial charge in [-0.15, -0.1) is 0 Å². The Morgan fingerprint density at radius 2 is 1.52 bits per heavy atom. The second kappa shape index (κ2) is 13.7. The van der Waals surface area contributed by atoms with Gasteiger partial charge in [-0.05, 0) is 81.3 Å². The molecule has 0 saturated heterocycles. The van der Waals surface area contributed by atoms with E-state index in [1.54, 1.807) is 43.3 Å². The van der Waals surface area contributed by atoms with Crippen LogP contribution in [-0.4, -0.2) is 43.8 Å². The van der Waals surface area contributed by atoms with Gasteiger partial charge < -0.3 is 10.2 Å². The molecule has 3 aromatic rings. The average molecular weight is 625 g/mol. The zero-order valence-electron chi connectivity index (χ0n) is 22.7. The van der Waals surface area contributed by atoms with Gasteiger partial charge in [0, 0.05) is 33.2 Å². The first-order valence-electron chi connectivity index (χ1n) is 12.7. The van der Waals surface area contributed by atoms with Crippen LogP contribution >= 0.6 is 34.8 Å². The van der Waals surface area contributed by atoms with E-state index in [2.05, 4.69) is 5.32 Å². The minimum Gasteiger partial charge on any atom is -0.352 e. The third-order valence-electron chi connectivity index (χ3n) is 6.53. The van der Waals surface area contributed by atoms with Crippen molar-refractivity contribution in [1.82, 2.24) is 10.2 Å². The molecule has 0 radical (unpaired) electrons. The van der Waals surface area contributed by atoms with Crippen molar-refractivity contribution in [1.29, 1.82) is 0 Å². The van der Waals surface area contributed by atoms with Crippen molar-refractivity contribution in [2.24, 2.45) is 0 Å². The monoisotopic (exact) mass is 623 g/mol. The van der Waals surface area contributed by atoms with Crippen molar-refractivity contribution in [3.8, 4) is 0 Å². The highest BCUT2D eigenvalue weighted by Gasteiger charge is 2.33. The summed E-state index contributed by atoms with van der Waals surface area (Å²) in [6, 6.07) is 16.4. The maximum atomic E-state index is 14.0. The Labute approximate surface area is 251 Å². The average Bonchev–Trinajstić information content (AvgIpc) is 2.91. The molecule has 2 atom stereocenters. The predicted molar refractivity (Wildman–Crippen MR) is 162 cm³/mol. The molecular formula is C29H32Cl3N3O4S. The molecule has 0 aliphatic carbocycles. The number of amides is 2. The second-order valence-corrected chi connectivity index (χ2v) is 12.6. The fraction of sp³-hybridized carbons (Fsp3) is 0.310. The van der Waals surface area contributed by atoms with Crippen molar-refractivity contribution in [2.75, 3.05) is 10.8 Å². The fourth-order valence-corrected chi connectivity index (χ4v) is 6.00. The van der Waals surface area contributed by atoms with Gasteiger partial charge in [0.15, 0.2) is 0 Å². The maximum Gasteiger partial charge on any atom is 0.264 e. The van der Waals surface area contributed by atoms with Crippen LogP contribution in [0.1, 0.15) is 38.3 Å². The Morgan fingerprint density at radius 1 is 0.925 bits per heavy atom. The summed E-state index contributed by atoms with van der Waals surface area (Å²) in [6.45, 7) is 6.53. The summed E-state index contributed by atoms with van der Waals surface area (Å²) >= 11 is 18.8. The van der Waals surface area contributed by atoms with Crippen LogP contribution in [0.5, 0.6) is 0 Å². The molecule has 11 heteroatoms. The normalized spacial score (nSPS) is 12.9. The zero-order valence-corrected chi connectivity index (χ0v) is 25.8. The van der Waals surface area contributed by atoms with Crippen LogP contribution in [0.4, 0.5) is 5.69 Å².